The van der Waals surface area contributed by atoms with E-state index in [1.165, 1.54) is 0 Å². The Morgan fingerprint density at radius 3 is 2.19 bits per heavy atom. The summed E-state index contributed by atoms with van der Waals surface area (Å²) in [5.74, 6) is -0.369. The van der Waals surface area contributed by atoms with Gasteiger partial charge in [-0.15, -0.1) is 0 Å². The fourth-order valence-electron chi connectivity index (χ4n) is 1.88. The summed E-state index contributed by atoms with van der Waals surface area (Å²) >= 11 is 0. The average molecular weight is 214 g/mol. The van der Waals surface area contributed by atoms with Crippen molar-refractivity contribution in [1.82, 2.24) is 0 Å². The summed E-state index contributed by atoms with van der Waals surface area (Å²) in [7, 11) is 0. The van der Waals surface area contributed by atoms with Gasteiger partial charge in [-0.1, -0.05) is 24.3 Å². The van der Waals surface area contributed by atoms with E-state index in [2.05, 4.69) is 0 Å². The van der Waals surface area contributed by atoms with E-state index >= 15 is 0 Å². The van der Waals surface area contributed by atoms with Crippen LogP contribution in [0.15, 0.2) is 35.4 Å². The van der Waals surface area contributed by atoms with Crippen molar-refractivity contribution in [2.75, 3.05) is 0 Å². The molecule has 0 saturated heterocycles. The minimum absolute atomic E-state index is 0.00470. The Hall–Kier alpha value is -2.03. The lowest BCUT2D eigenvalue weighted by atomic mass is 9.84. The molecular weight excluding hydrogens is 204 g/mol. The van der Waals surface area contributed by atoms with Gasteiger partial charge >= 0.3 is 0 Å². The lowest BCUT2D eigenvalue weighted by Crippen LogP contribution is -2.21. The van der Waals surface area contributed by atoms with E-state index in [0.717, 1.165) is 0 Å². The van der Waals surface area contributed by atoms with Gasteiger partial charge in [0.25, 0.3) is 0 Å². The van der Waals surface area contributed by atoms with Crippen LogP contribution < -0.4 is 0 Å². The molecule has 0 heterocycles. The monoisotopic (exact) mass is 214 g/mol. The largest absolute Gasteiger partial charge is 0.303 e. The summed E-state index contributed by atoms with van der Waals surface area (Å²) in [4.78, 5) is 34.4. The van der Waals surface area contributed by atoms with Crippen molar-refractivity contribution < 1.29 is 14.4 Å². The number of benzene rings is 1. The molecule has 3 heteroatoms. The van der Waals surface area contributed by atoms with Gasteiger partial charge in [0, 0.05) is 28.7 Å². The van der Waals surface area contributed by atoms with E-state index < -0.39 is 0 Å². The zero-order valence-electron chi connectivity index (χ0n) is 8.82. The molecule has 0 aliphatic heterocycles. The fourth-order valence-corrected chi connectivity index (χ4v) is 1.88. The molecule has 0 saturated carbocycles. The summed E-state index contributed by atoms with van der Waals surface area (Å²) in [6.45, 7) is 1.59. The topological polar surface area (TPSA) is 51.2 Å². The Kier molecular flexibility index (Phi) is 2.52. The van der Waals surface area contributed by atoms with Crippen molar-refractivity contribution in [3.63, 3.8) is 0 Å². The molecule has 1 aliphatic rings. The Balaban J connectivity index is 2.63. The zero-order valence-corrected chi connectivity index (χ0v) is 8.82. The molecule has 0 radical (unpaired) electrons. The van der Waals surface area contributed by atoms with Crippen LogP contribution in [0.4, 0.5) is 0 Å². The predicted molar refractivity (Wildman–Crippen MR) is 58.5 cm³/mol. The van der Waals surface area contributed by atoms with Crippen molar-refractivity contribution in [3.05, 3.63) is 46.5 Å². The van der Waals surface area contributed by atoms with E-state index in [0.29, 0.717) is 28.6 Å². The number of carbonyl (C=O) groups is 3. The summed E-state index contributed by atoms with van der Waals surface area (Å²) in [6.07, 6.45) is 0.655. The summed E-state index contributed by atoms with van der Waals surface area (Å²) in [5.41, 5.74) is 1.53. The number of rotatable bonds is 2. The molecule has 1 aromatic carbocycles. The molecule has 0 fully saturated rings. The maximum atomic E-state index is 12.0. The molecule has 0 unspecified atom stereocenters. The van der Waals surface area contributed by atoms with Gasteiger partial charge < -0.3 is 4.79 Å². The van der Waals surface area contributed by atoms with Gasteiger partial charge in [0.2, 0.25) is 0 Å². The van der Waals surface area contributed by atoms with Crippen LogP contribution in [-0.4, -0.2) is 17.9 Å². The van der Waals surface area contributed by atoms with Gasteiger partial charge in [-0.25, -0.2) is 0 Å². The van der Waals surface area contributed by atoms with Crippen LogP contribution in [0.3, 0.4) is 0 Å². The highest BCUT2D eigenvalue weighted by Gasteiger charge is 2.28. The van der Waals surface area contributed by atoms with Gasteiger partial charge in [-0.05, 0) is 6.92 Å². The molecule has 0 amide bonds. The molecule has 1 aliphatic carbocycles. The van der Waals surface area contributed by atoms with E-state index in [1.807, 2.05) is 0 Å². The first-order chi connectivity index (χ1) is 7.66. The number of carbonyl (C=O) groups excluding carboxylic acids is 3. The number of allylic oxidation sites excluding steroid dienone is 2. The van der Waals surface area contributed by atoms with Gasteiger partial charge in [0.05, 0.1) is 0 Å². The summed E-state index contributed by atoms with van der Waals surface area (Å²) < 4.78 is 0. The van der Waals surface area contributed by atoms with Crippen LogP contribution in [0.5, 0.6) is 0 Å². The molecule has 3 nitrogen and oxygen atoms in total. The third-order valence-corrected chi connectivity index (χ3v) is 2.77. The fraction of sp³-hybridized carbons (Fsp3) is 0.154. The maximum Gasteiger partial charge on any atom is 0.190 e. The van der Waals surface area contributed by atoms with Crippen LogP contribution in [0.25, 0.3) is 0 Å². The average Bonchev–Trinajstić information content (AvgIpc) is 2.32. The molecule has 0 aromatic heterocycles. The smallest absolute Gasteiger partial charge is 0.190 e. The predicted octanol–water partition coefficient (Wildman–Crippen LogP) is 1.97. The second-order valence-corrected chi connectivity index (χ2v) is 3.68. The molecule has 2 rings (SSSR count). The molecule has 80 valence electrons. The number of aldehydes is 1. The van der Waals surface area contributed by atoms with Crippen molar-refractivity contribution in [3.8, 4) is 0 Å². The van der Waals surface area contributed by atoms with Gasteiger partial charge in [-0.2, -0.15) is 0 Å². The number of ketones is 2. The Morgan fingerprint density at radius 1 is 1.06 bits per heavy atom. The number of fused-ring (bicyclic) bond motifs is 1. The highest BCUT2D eigenvalue weighted by atomic mass is 16.1. The Morgan fingerprint density at radius 2 is 1.62 bits per heavy atom. The molecule has 0 N–H and O–H groups in total. The molecule has 0 spiro atoms. The Labute approximate surface area is 92.8 Å². The standard InChI is InChI=1S/C13H10O3/c1-8-9(6-7-14)13(16)11-5-3-2-4-10(11)12(8)15/h2-5,7H,6H2,1H3. The lowest BCUT2D eigenvalue weighted by Gasteiger charge is -2.17. The van der Waals surface area contributed by atoms with Crippen molar-refractivity contribution in [2.24, 2.45) is 0 Å². The van der Waals surface area contributed by atoms with Crippen LogP contribution in [0.2, 0.25) is 0 Å². The second kappa shape index (κ2) is 3.85. The second-order valence-electron chi connectivity index (χ2n) is 3.68. The van der Waals surface area contributed by atoms with Crippen LogP contribution in [-0.2, 0) is 4.79 Å². The maximum absolute atomic E-state index is 12.0. The van der Waals surface area contributed by atoms with Crippen LogP contribution in [0, 0.1) is 0 Å². The highest BCUT2D eigenvalue weighted by Crippen LogP contribution is 2.27. The van der Waals surface area contributed by atoms with E-state index in [1.54, 1.807) is 31.2 Å². The first-order valence-electron chi connectivity index (χ1n) is 4.98. The van der Waals surface area contributed by atoms with Crippen molar-refractivity contribution in [1.29, 1.82) is 0 Å². The highest BCUT2D eigenvalue weighted by molar-refractivity contribution is 6.27. The van der Waals surface area contributed by atoms with Gasteiger partial charge in [0.1, 0.15) is 6.29 Å². The zero-order chi connectivity index (χ0) is 11.7. The number of Topliss-reactive ketones (excluding diaryl/α,β-unsaturated/α-hetero) is 2. The summed E-state index contributed by atoms with van der Waals surface area (Å²) in [5, 5.41) is 0. The van der Waals surface area contributed by atoms with Crippen LogP contribution >= 0.6 is 0 Å². The first-order valence-corrected chi connectivity index (χ1v) is 4.98. The SMILES string of the molecule is CC1=C(CC=O)C(=O)c2ccccc2C1=O. The van der Waals surface area contributed by atoms with Crippen molar-refractivity contribution in [2.45, 2.75) is 13.3 Å². The summed E-state index contributed by atoms with van der Waals surface area (Å²) in [6, 6.07) is 6.69. The molecule has 0 atom stereocenters. The normalized spacial score (nSPS) is 15.1. The van der Waals surface area contributed by atoms with E-state index in [9.17, 15) is 14.4 Å². The lowest BCUT2D eigenvalue weighted by molar-refractivity contribution is -0.107. The van der Waals surface area contributed by atoms with Crippen LogP contribution in [0.1, 0.15) is 34.1 Å². The van der Waals surface area contributed by atoms with Crippen molar-refractivity contribution >= 4 is 17.9 Å². The molecule has 16 heavy (non-hydrogen) atoms. The molecular formula is C13H10O3. The first kappa shape index (κ1) is 10.5. The van der Waals surface area contributed by atoms with Gasteiger partial charge in [-0.3, -0.25) is 9.59 Å². The number of hydrogen-bond donors (Lipinski definition) is 0. The minimum atomic E-state index is -0.209. The van der Waals surface area contributed by atoms with E-state index in [-0.39, 0.29) is 18.0 Å². The van der Waals surface area contributed by atoms with E-state index in [4.69, 9.17) is 0 Å². The molecule has 0 bridgehead atoms. The quantitative estimate of drug-likeness (QED) is 0.707. The third kappa shape index (κ3) is 1.41. The van der Waals surface area contributed by atoms with Gasteiger partial charge in [0.15, 0.2) is 11.6 Å². The number of hydrogen-bond acceptors (Lipinski definition) is 3. The third-order valence-electron chi connectivity index (χ3n) is 2.77. The molecule has 1 aromatic rings. The minimum Gasteiger partial charge on any atom is -0.303 e. The Bertz CT molecular complexity index is 524.